The lowest BCUT2D eigenvalue weighted by molar-refractivity contribution is -0.149. The molecule has 0 spiro atoms. The summed E-state index contributed by atoms with van der Waals surface area (Å²) in [5.41, 5.74) is 1.13. The van der Waals surface area contributed by atoms with Crippen LogP contribution in [0.2, 0.25) is 0 Å². The van der Waals surface area contributed by atoms with Crippen LogP contribution in [0.4, 0.5) is 0 Å². The number of phenols is 1. The number of benzene rings is 2. The van der Waals surface area contributed by atoms with Gasteiger partial charge >= 0.3 is 5.97 Å². The minimum atomic E-state index is -1.57. The van der Waals surface area contributed by atoms with Crippen molar-refractivity contribution >= 4 is 75.8 Å². The van der Waals surface area contributed by atoms with Crippen molar-refractivity contribution in [1.29, 1.82) is 0 Å². The van der Waals surface area contributed by atoms with Crippen molar-refractivity contribution in [3.8, 4) is 5.75 Å². The molecule has 5 aliphatic rings. The van der Waals surface area contributed by atoms with Crippen molar-refractivity contribution in [2.45, 2.75) is 184 Å². The molecule has 25 heteroatoms. The fourth-order valence-electron chi connectivity index (χ4n) is 12.2. The monoisotopic (exact) mass is 1200 g/mol. The summed E-state index contributed by atoms with van der Waals surface area (Å²) < 4.78 is 12.6. The van der Waals surface area contributed by atoms with Gasteiger partial charge in [0.1, 0.15) is 66.2 Å². The Balaban J connectivity index is 1.27. The lowest BCUT2D eigenvalue weighted by Crippen LogP contribution is -2.62. The van der Waals surface area contributed by atoms with Gasteiger partial charge in [-0.05, 0) is 106 Å². The Hall–Kier alpha value is -7.44. The summed E-state index contributed by atoms with van der Waals surface area (Å²) in [6.45, 7) is 7.83. The molecular formula is C60H84N10O14S. The van der Waals surface area contributed by atoms with Crippen molar-refractivity contribution < 1.29 is 67.2 Å². The Morgan fingerprint density at radius 3 is 1.44 bits per heavy atom. The Morgan fingerprint density at radius 1 is 0.529 bits per heavy atom. The number of carbonyl (C=O) groups excluding carboxylic acids is 10. The maximum absolute atomic E-state index is 15.0. The number of fused-ring (bicyclic) bond motifs is 4. The molecule has 7 rings (SSSR count). The van der Waals surface area contributed by atoms with Crippen LogP contribution >= 0.6 is 0 Å². The van der Waals surface area contributed by atoms with Gasteiger partial charge < -0.3 is 61.7 Å². The van der Waals surface area contributed by atoms with Crippen molar-refractivity contribution in [2.24, 2.45) is 11.8 Å². The Labute approximate surface area is 498 Å². The summed E-state index contributed by atoms with van der Waals surface area (Å²) in [4.78, 5) is 165. The third kappa shape index (κ3) is 16.9. The van der Waals surface area contributed by atoms with E-state index in [9.17, 15) is 67.2 Å². The Morgan fingerprint density at radius 2 is 0.941 bits per heavy atom. The number of rotatable bonds is 14. The first-order valence-electron chi connectivity index (χ1n) is 29.9. The van der Waals surface area contributed by atoms with E-state index >= 15 is 0 Å². The summed E-state index contributed by atoms with van der Waals surface area (Å²) in [5.74, 6) is -9.02. The van der Waals surface area contributed by atoms with Crippen LogP contribution in [0.25, 0.3) is 0 Å². The molecule has 2 aromatic rings. The number of phenolic OH excluding ortho intramolecular Hbond substituents is 1. The minimum absolute atomic E-state index is 0.0343. The summed E-state index contributed by atoms with van der Waals surface area (Å²) >= 11 is 0. The number of carbonyl (C=O) groups is 11. The van der Waals surface area contributed by atoms with Crippen LogP contribution in [-0.4, -0.2) is 198 Å². The van der Waals surface area contributed by atoms with Crippen LogP contribution in [0.5, 0.6) is 5.75 Å². The smallest absolute Gasteiger partial charge is 0.303 e. The highest BCUT2D eigenvalue weighted by atomic mass is 32.2. The molecule has 0 saturated carbocycles. The molecule has 24 nitrogen and oxygen atoms in total. The van der Waals surface area contributed by atoms with Crippen LogP contribution in [0.15, 0.2) is 54.6 Å². The number of nitrogens with zero attached hydrogens (tertiary/aromatic N) is 4. The van der Waals surface area contributed by atoms with Gasteiger partial charge in [0.25, 0.3) is 0 Å². The molecule has 0 radical (unpaired) electrons. The van der Waals surface area contributed by atoms with Crippen molar-refractivity contribution in [2.75, 3.05) is 38.2 Å². The van der Waals surface area contributed by atoms with E-state index in [1.165, 1.54) is 38.0 Å². The first-order valence-corrected chi connectivity index (χ1v) is 31.7. The largest absolute Gasteiger partial charge is 0.508 e. The molecule has 464 valence electrons. The average Bonchev–Trinajstić information content (AvgIpc) is 3.41. The first-order chi connectivity index (χ1) is 40.5. The van der Waals surface area contributed by atoms with Crippen molar-refractivity contribution in [1.82, 2.24) is 51.5 Å². The van der Waals surface area contributed by atoms with Gasteiger partial charge in [-0.3, -0.25) is 56.9 Å². The minimum Gasteiger partial charge on any atom is -0.508 e. The zero-order chi connectivity index (χ0) is 61.6. The highest BCUT2D eigenvalue weighted by Crippen LogP contribution is 2.29. The van der Waals surface area contributed by atoms with Crippen LogP contribution in [0.3, 0.4) is 0 Å². The number of nitrogens with one attached hydrogen (secondary N) is 6. The third-order valence-electron chi connectivity index (χ3n) is 16.9. The second-order valence-corrected chi connectivity index (χ2v) is 25.2. The molecule has 10 amide bonds. The molecule has 0 aromatic heterocycles. The van der Waals surface area contributed by atoms with Gasteiger partial charge in [0.2, 0.25) is 59.1 Å². The van der Waals surface area contributed by atoms with Gasteiger partial charge in [0.15, 0.2) is 0 Å². The SMILES string of the molecule is CCC(C)C1NC(=O)C(Cc2ccc(O)cc2)NC(=O)C2CCCN2C(=O)C2CCCN2C(=O)C(CC(C)C)NC(=O)C(CCC(=O)O)NC(=O)C(Cc2ccccc2)NC(=O)C(CCS(C)=O)NC(=O)C2CCCN2C(=O)C2CCCN2C1=O. The van der Waals surface area contributed by atoms with Crippen molar-refractivity contribution in [3.63, 3.8) is 0 Å². The Bertz CT molecular complexity index is 2810. The van der Waals surface area contributed by atoms with Crippen LogP contribution < -0.4 is 31.9 Å². The number of aromatic hydroxyl groups is 1. The molecule has 5 aliphatic heterocycles. The molecule has 2 aromatic carbocycles. The van der Waals surface area contributed by atoms with Gasteiger partial charge in [-0.2, -0.15) is 0 Å². The second kappa shape index (κ2) is 30.1. The fourth-order valence-corrected chi connectivity index (χ4v) is 12.7. The van der Waals surface area contributed by atoms with Crippen molar-refractivity contribution in [3.05, 3.63) is 65.7 Å². The van der Waals surface area contributed by atoms with E-state index in [0.717, 1.165) is 0 Å². The highest BCUT2D eigenvalue weighted by Gasteiger charge is 2.47. The first kappa shape index (κ1) is 65.1. The van der Waals surface area contributed by atoms with E-state index in [0.29, 0.717) is 43.2 Å². The van der Waals surface area contributed by atoms with Crippen LogP contribution in [-0.2, 0) is 76.4 Å². The van der Waals surface area contributed by atoms with Gasteiger partial charge in [-0.25, -0.2) is 0 Å². The molecule has 12 atom stereocenters. The molecule has 0 bridgehead atoms. The second-order valence-electron chi connectivity index (χ2n) is 23.6. The number of hydrogen-bond donors (Lipinski definition) is 8. The number of aliphatic carboxylic acids is 1. The van der Waals surface area contributed by atoms with Gasteiger partial charge in [-0.1, -0.05) is 76.6 Å². The molecule has 5 heterocycles. The molecule has 5 fully saturated rings. The summed E-state index contributed by atoms with van der Waals surface area (Å²) in [5, 5.41) is 36.6. The number of carboxylic acid groups (broad SMARTS) is 1. The zero-order valence-electron chi connectivity index (χ0n) is 49.3. The molecule has 85 heavy (non-hydrogen) atoms. The van der Waals surface area contributed by atoms with E-state index in [2.05, 4.69) is 31.9 Å². The highest BCUT2D eigenvalue weighted by molar-refractivity contribution is 7.84. The molecule has 0 aliphatic carbocycles. The number of amides is 10. The normalized spacial score (nSPS) is 28.1. The third-order valence-corrected chi connectivity index (χ3v) is 17.8. The standard InChI is InChI=1S/C60H84N10O14S/c1-6-36(4)50-60(83)70-30-13-19-48(70)59(82)67-27-10-16-45(67)55(78)62-41(26-31-85(5)84)52(75)63-42(33-37-14-8-7-9-15-37)53(76)61-40(24-25-49(72)73)51(74)65-44(32-35(2)3)57(80)69-29-12-18-47(69)58(81)68-28-11-17-46(68)56(79)64-43(54(77)66-50)34-38-20-22-39(71)23-21-38/h7-9,14-15,20-23,35-36,40-48,50,71H,6,10-13,16-19,24-34H2,1-5H3,(H,61,76)(H,62,78)(H,63,75)(H,64,79)(H,65,74)(H,66,77)(H,72,73). The van der Waals surface area contributed by atoms with Crippen LogP contribution in [0.1, 0.15) is 122 Å². The Kier molecular flexibility index (Phi) is 23.0. The number of hydrogen-bond acceptors (Lipinski definition) is 13. The fraction of sp³-hybridized carbons (Fsp3) is 0.617. The van der Waals surface area contributed by atoms with E-state index in [1.807, 2.05) is 20.8 Å². The van der Waals surface area contributed by atoms with E-state index < -0.39 is 155 Å². The lowest BCUT2D eigenvalue weighted by atomic mass is 9.96. The molecule has 8 N–H and O–H groups in total. The molecular weight excluding hydrogens is 1120 g/mol. The maximum atomic E-state index is 15.0. The van der Waals surface area contributed by atoms with Gasteiger partial charge in [0, 0.05) is 68.2 Å². The lowest BCUT2D eigenvalue weighted by Gasteiger charge is -2.35. The predicted molar refractivity (Wildman–Crippen MR) is 312 cm³/mol. The zero-order valence-corrected chi connectivity index (χ0v) is 50.1. The van der Waals surface area contributed by atoms with Gasteiger partial charge in [0.05, 0.1) is 0 Å². The summed E-state index contributed by atoms with van der Waals surface area (Å²) in [7, 11) is -1.46. The quantitative estimate of drug-likeness (QED) is 0.130. The molecule has 12 unspecified atom stereocenters. The maximum Gasteiger partial charge on any atom is 0.303 e. The number of carboxylic acids is 1. The summed E-state index contributed by atoms with van der Waals surface area (Å²) in [6.07, 6.45) is 2.99. The van der Waals surface area contributed by atoms with E-state index in [-0.39, 0.29) is 95.0 Å². The van der Waals surface area contributed by atoms with E-state index in [4.69, 9.17) is 0 Å². The molecule has 5 saturated heterocycles. The van der Waals surface area contributed by atoms with E-state index in [1.54, 1.807) is 49.4 Å². The van der Waals surface area contributed by atoms with Crippen LogP contribution in [0, 0.1) is 11.8 Å². The predicted octanol–water partition coefficient (Wildman–Crippen LogP) is 0.789. The summed E-state index contributed by atoms with van der Waals surface area (Å²) in [6, 6.07) is 2.14. The topological polar surface area (TPSA) is 330 Å². The van der Waals surface area contributed by atoms with Gasteiger partial charge in [-0.15, -0.1) is 0 Å². The average molecular weight is 1200 g/mol.